The summed E-state index contributed by atoms with van der Waals surface area (Å²) in [6.45, 7) is 1.98. The quantitative estimate of drug-likeness (QED) is 0.777. The maximum absolute atomic E-state index is 6.37. The molecule has 130 valence electrons. The molecule has 0 aromatic heterocycles. The van der Waals surface area contributed by atoms with Crippen LogP contribution in [0.1, 0.15) is 18.4 Å². The summed E-state index contributed by atoms with van der Waals surface area (Å²) in [6.07, 6.45) is 1.72. The van der Waals surface area contributed by atoms with Gasteiger partial charge in [0.25, 0.3) is 0 Å². The molecule has 2 aromatic rings. The van der Waals surface area contributed by atoms with E-state index < -0.39 is 0 Å². The summed E-state index contributed by atoms with van der Waals surface area (Å²) >= 11 is 12.5. The van der Waals surface area contributed by atoms with Gasteiger partial charge in [-0.1, -0.05) is 41.4 Å². The van der Waals surface area contributed by atoms with E-state index in [-0.39, 0.29) is 5.54 Å². The molecule has 4 nitrogen and oxygen atoms in total. The fraction of sp³-hybridized carbons (Fsp3) is 0.316. The molecule has 1 saturated heterocycles. The number of hydrogen-bond acceptors (Lipinski definition) is 3. The molecule has 2 heterocycles. The minimum atomic E-state index is -0.242. The summed E-state index contributed by atoms with van der Waals surface area (Å²) in [6, 6.07) is 13.7. The van der Waals surface area contributed by atoms with Gasteiger partial charge in [0.15, 0.2) is 0 Å². The maximum atomic E-state index is 6.37. The van der Waals surface area contributed by atoms with Crippen LogP contribution in [0.5, 0.6) is 0 Å². The molecule has 0 unspecified atom stereocenters. The average Bonchev–Trinajstić information content (AvgIpc) is 2.61. The molecule has 2 aliphatic rings. The highest BCUT2D eigenvalue weighted by molar-refractivity contribution is 6.35. The van der Waals surface area contributed by atoms with Crippen molar-refractivity contribution in [3.8, 4) is 0 Å². The second-order valence-electron chi connectivity index (χ2n) is 6.40. The lowest BCUT2D eigenvalue weighted by molar-refractivity contribution is 0.0778. The van der Waals surface area contributed by atoms with E-state index in [0.717, 1.165) is 40.6 Å². The first kappa shape index (κ1) is 16.7. The second-order valence-corrected chi connectivity index (χ2v) is 7.25. The number of halogens is 2. The molecule has 0 saturated carbocycles. The molecule has 2 aliphatic heterocycles. The van der Waals surface area contributed by atoms with Crippen LogP contribution >= 0.6 is 23.2 Å². The van der Waals surface area contributed by atoms with Crippen LogP contribution in [-0.4, -0.2) is 24.6 Å². The van der Waals surface area contributed by atoms with Crippen LogP contribution in [0, 0.1) is 0 Å². The first-order valence-corrected chi connectivity index (χ1v) is 9.13. The molecule has 1 fully saturated rings. The lowest BCUT2D eigenvalue weighted by Gasteiger charge is -2.44. The summed E-state index contributed by atoms with van der Waals surface area (Å²) in [7, 11) is 0. The third kappa shape index (κ3) is 3.34. The molecule has 25 heavy (non-hydrogen) atoms. The lowest BCUT2D eigenvalue weighted by Crippen LogP contribution is -2.55. The van der Waals surface area contributed by atoms with Crippen molar-refractivity contribution in [1.29, 1.82) is 0 Å². The number of rotatable bonds is 2. The largest absolute Gasteiger partial charge is 0.381 e. The first-order valence-electron chi connectivity index (χ1n) is 8.37. The molecule has 0 bridgehead atoms. The number of para-hydroxylation sites is 1. The summed E-state index contributed by atoms with van der Waals surface area (Å²) < 4.78 is 5.57. The number of benzene rings is 2. The van der Waals surface area contributed by atoms with E-state index in [1.165, 1.54) is 0 Å². The van der Waals surface area contributed by atoms with Crippen LogP contribution in [0.4, 0.5) is 11.4 Å². The topological polar surface area (TPSA) is 45.7 Å². The van der Waals surface area contributed by atoms with E-state index in [2.05, 4.69) is 10.6 Å². The molecule has 4 rings (SSSR count). The van der Waals surface area contributed by atoms with E-state index in [0.29, 0.717) is 24.8 Å². The fourth-order valence-electron chi connectivity index (χ4n) is 3.39. The summed E-state index contributed by atoms with van der Waals surface area (Å²) in [5, 5.41) is 8.55. The second kappa shape index (κ2) is 6.87. The number of ether oxygens (including phenoxy) is 1. The van der Waals surface area contributed by atoms with Crippen molar-refractivity contribution in [2.45, 2.75) is 24.9 Å². The maximum Gasteiger partial charge on any atom is 0.127 e. The number of anilines is 2. The minimum absolute atomic E-state index is 0.242. The van der Waals surface area contributed by atoms with Crippen molar-refractivity contribution in [3.63, 3.8) is 0 Å². The van der Waals surface area contributed by atoms with Crippen LogP contribution < -0.4 is 10.6 Å². The molecular weight excluding hydrogens is 357 g/mol. The molecule has 1 spiro atoms. The number of fused-ring (bicyclic) bond motifs is 1. The van der Waals surface area contributed by atoms with E-state index in [1.807, 2.05) is 42.5 Å². The molecule has 0 atom stereocenters. The normalized spacial score (nSPS) is 20.0. The molecule has 2 N–H and O–H groups in total. The fourth-order valence-corrected chi connectivity index (χ4v) is 3.82. The van der Waals surface area contributed by atoms with Crippen LogP contribution in [0.3, 0.4) is 0 Å². The molecule has 6 heteroatoms. The number of nitrogens with zero attached hydrogens (tertiary/aromatic N) is 1. The first-order chi connectivity index (χ1) is 12.2. The zero-order valence-corrected chi connectivity index (χ0v) is 15.2. The average molecular weight is 376 g/mol. The SMILES string of the molecule is Clc1cccc(CN=C2Nc3c(Cl)cccc3NC23CCOCC3)c1. The zero-order chi connectivity index (χ0) is 17.3. The predicted molar refractivity (Wildman–Crippen MR) is 104 cm³/mol. The van der Waals surface area contributed by atoms with E-state index in [1.54, 1.807) is 0 Å². The van der Waals surface area contributed by atoms with Gasteiger partial charge < -0.3 is 15.4 Å². The smallest absolute Gasteiger partial charge is 0.127 e. The van der Waals surface area contributed by atoms with Gasteiger partial charge in [-0.2, -0.15) is 0 Å². The van der Waals surface area contributed by atoms with Crippen molar-refractivity contribution in [2.75, 3.05) is 23.8 Å². The van der Waals surface area contributed by atoms with E-state index in [9.17, 15) is 0 Å². The highest BCUT2D eigenvalue weighted by Crippen LogP contribution is 2.40. The van der Waals surface area contributed by atoms with Crippen LogP contribution in [0.25, 0.3) is 0 Å². The number of amidine groups is 1. The lowest BCUT2D eigenvalue weighted by atomic mass is 9.86. The molecular formula is C19H19Cl2N3O. The van der Waals surface area contributed by atoms with Crippen LogP contribution in [-0.2, 0) is 11.3 Å². The summed E-state index contributed by atoms with van der Waals surface area (Å²) in [5.74, 6) is 0.913. The molecule has 0 radical (unpaired) electrons. The summed E-state index contributed by atoms with van der Waals surface area (Å²) in [4.78, 5) is 4.88. The van der Waals surface area contributed by atoms with Crippen molar-refractivity contribution in [1.82, 2.24) is 0 Å². The van der Waals surface area contributed by atoms with Gasteiger partial charge in [-0.05, 0) is 29.8 Å². The van der Waals surface area contributed by atoms with Gasteiger partial charge in [0.1, 0.15) is 5.84 Å². The van der Waals surface area contributed by atoms with E-state index >= 15 is 0 Å². The summed E-state index contributed by atoms with van der Waals surface area (Å²) in [5.41, 5.74) is 2.73. The van der Waals surface area contributed by atoms with Crippen molar-refractivity contribution in [2.24, 2.45) is 4.99 Å². The Kier molecular flexibility index (Phi) is 4.59. The van der Waals surface area contributed by atoms with Gasteiger partial charge >= 0.3 is 0 Å². The zero-order valence-electron chi connectivity index (χ0n) is 13.7. The van der Waals surface area contributed by atoms with Crippen molar-refractivity contribution in [3.05, 3.63) is 58.1 Å². The predicted octanol–water partition coefficient (Wildman–Crippen LogP) is 4.98. The van der Waals surface area contributed by atoms with Crippen molar-refractivity contribution >= 4 is 40.4 Å². The minimum Gasteiger partial charge on any atom is -0.381 e. The monoisotopic (exact) mass is 375 g/mol. The Bertz CT molecular complexity index is 816. The standard InChI is InChI=1S/C19H19Cl2N3O/c20-14-4-1-3-13(11-14)12-22-18-19(7-9-25-10-8-19)24-16-6-2-5-15(21)17(16)23-18/h1-6,11,24H,7-10,12H2,(H,22,23). The van der Waals surface area contributed by atoms with Gasteiger partial charge in [-0.15, -0.1) is 0 Å². The highest BCUT2D eigenvalue weighted by Gasteiger charge is 2.41. The van der Waals surface area contributed by atoms with Gasteiger partial charge in [-0.3, -0.25) is 4.99 Å². The third-order valence-corrected chi connectivity index (χ3v) is 5.29. The molecule has 0 aliphatic carbocycles. The van der Waals surface area contributed by atoms with Gasteiger partial charge in [-0.25, -0.2) is 0 Å². The van der Waals surface area contributed by atoms with Gasteiger partial charge in [0.2, 0.25) is 0 Å². The Morgan fingerprint density at radius 1 is 1.08 bits per heavy atom. The Balaban J connectivity index is 1.69. The Morgan fingerprint density at radius 2 is 1.88 bits per heavy atom. The van der Waals surface area contributed by atoms with Crippen molar-refractivity contribution < 1.29 is 4.74 Å². The van der Waals surface area contributed by atoms with E-state index in [4.69, 9.17) is 32.9 Å². The van der Waals surface area contributed by atoms with Crippen LogP contribution in [0.15, 0.2) is 47.5 Å². The Hall–Kier alpha value is -1.75. The molecule has 2 aromatic carbocycles. The van der Waals surface area contributed by atoms with Crippen LogP contribution in [0.2, 0.25) is 10.0 Å². The van der Waals surface area contributed by atoms with Gasteiger partial charge in [0.05, 0.1) is 28.5 Å². The molecule has 0 amide bonds. The van der Waals surface area contributed by atoms with Gasteiger partial charge in [0, 0.05) is 31.1 Å². The Morgan fingerprint density at radius 3 is 2.68 bits per heavy atom. The third-order valence-electron chi connectivity index (χ3n) is 4.74. The highest BCUT2D eigenvalue weighted by atomic mass is 35.5. The number of aliphatic imine (C=N–C) groups is 1. The Labute approximate surface area is 157 Å². The number of nitrogens with one attached hydrogen (secondary N) is 2. The number of hydrogen-bond donors (Lipinski definition) is 2.